The average molecular weight is 304 g/mol. The molecule has 0 aliphatic heterocycles. The van der Waals surface area contributed by atoms with Gasteiger partial charge in [-0.25, -0.2) is 4.98 Å². The Labute approximate surface area is 136 Å². The molecular formula is C20H20N2O. The third kappa shape index (κ3) is 2.63. The summed E-state index contributed by atoms with van der Waals surface area (Å²) >= 11 is 0. The van der Waals surface area contributed by atoms with Crippen LogP contribution in [0.2, 0.25) is 0 Å². The van der Waals surface area contributed by atoms with Gasteiger partial charge in [0.1, 0.15) is 5.75 Å². The summed E-state index contributed by atoms with van der Waals surface area (Å²) in [6.45, 7) is 0. The molecule has 0 spiro atoms. The minimum Gasteiger partial charge on any atom is -0.497 e. The highest BCUT2D eigenvalue weighted by Gasteiger charge is 2.31. The van der Waals surface area contributed by atoms with Gasteiger partial charge in [0, 0.05) is 12.1 Å². The highest BCUT2D eigenvalue weighted by molar-refractivity contribution is 5.46. The number of hydrogen-bond acceptors (Lipinski definition) is 2. The number of rotatable bonds is 4. The Kier molecular flexibility index (Phi) is 3.62. The van der Waals surface area contributed by atoms with Gasteiger partial charge in [0.25, 0.3) is 0 Å². The van der Waals surface area contributed by atoms with E-state index in [-0.39, 0.29) is 0 Å². The largest absolute Gasteiger partial charge is 0.497 e. The minimum absolute atomic E-state index is 0.459. The van der Waals surface area contributed by atoms with Crippen LogP contribution in [-0.2, 0) is 6.42 Å². The lowest BCUT2D eigenvalue weighted by molar-refractivity contribution is 0.414. The fourth-order valence-electron chi connectivity index (χ4n) is 3.74. The molecule has 0 saturated heterocycles. The molecule has 1 aromatic heterocycles. The van der Waals surface area contributed by atoms with E-state index in [1.54, 1.807) is 13.4 Å². The lowest BCUT2D eigenvalue weighted by Gasteiger charge is -2.13. The summed E-state index contributed by atoms with van der Waals surface area (Å²) in [6.07, 6.45) is 5.90. The number of methoxy groups -OCH3 is 1. The van der Waals surface area contributed by atoms with Crippen molar-refractivity contribution < 1.29 is 4.74 Å². The van der Waals surface area contributed by atoms with Crippen molar-refractivity contribution in [2.45, 2.75) is 24.7 Å². The van der Waals surface area contributed by atoms with E-state index >= 15 is 0 Å². The van der Waals surface area contributed by atoms with E-state index in [1.165, 1.54) is 16.7 Å². The van der Waals surface area contributed by atoms with Crippen LogP contribution in [-0.4, -0.2) is 17.1 Å². The molecule has 0 bridgehead atoms. The first-order chi connectivity index (χ1) is 11.3. The number of hydrogen-bond donors (Lipinski definition) is 1. The number of imidazole rings is 1. The van der Waals surface area contributed by atoms with Gasteiger partial charge in [-0.3, -0.25) is 0 Å². The zero-order chi connectivity index (χ0) is 15.6. The number of nitrogens with zero attached hydrogens (tertiary/aromatic N) is 1. The Balaban J connectivity index is 1.66. The molecule has 116 valence electrons. The van der Waals surface area contributed by atoms with Crippen LogP contribution in [0.4, 0.5) is 0 Å². The first-order valence-corrected chi connectivity index (χ1v) is 8.05. The third-order valence-corrected chi connectivity index (χ3v) is 4.86. The molecular weight excluding hydrogens is 284 g/mol. The van der Waals surface area contributed by atoms with E-state index in [2.05, 4.69) is 58.5 Å². The minimum atomic E-state index is 0.459. The van der Waals surface area contributed by atoms with Gasteiger partial charge in [-0.15, -0.1) is 0 Å². The Morgan fingerprint density at radius 1 is 1.09 bits per heavy atom. The lowest BCUT2D eigenvalue weighted by Crippen LogP contribution is -2.00. The summed E-state index contributed by atoms with van der Waals surface area (Å²) in [7, 11) is 1.71. The summed E-state index contributed by atoms with van der Waals surface area (Å²) in [5.74, 6) is 1.90. The predicted octanol–water partition coefficient (Wildman–Crippen LogP) is 4.28. The first kappa shape index (κ1) is 14.1. The van der Waals surface area contributed by atoms with Gasteiger partial charge in [0.05, 0.1) is 19.1 Å². The van der Waals surface area contributed by atoms with Crippen molar-refractivity contribution in [3.05, 3.63) is 83.4 Å². The number of fused-ring (bicyclic) bond motifs is 1. The van der Waals surface area contributed by atoms with Gasteiger partial charge in [0.15, 0.2) is 0 Å². The molecule has 1 N–H and O–H groups in total. The maximum Gasteiger partial charge on any atom is 0.118 e. The predicted molar refractivity (Wildman–Crippen MR) is 90.9 cm³/mol. The van der Waals surface area contributed by atoms with Crippen LogP contribution in [0.1, 0.15) is 40.6 Å². The van der Waals surface area contributed by atoms with Crippen LogP contribution in [0.25, 0.3) is 0 Å². The van der Waals surface area contributed by atoms with Crippen molar-refractivity contribution >= 4 is 0 Å². The SMILES string of the molecule is COc1ccc(C2CC(Cc3c[nH]cn3)c3ccccc32)cc1. The summed E-state index contributed by atoms with van der Waals surface area (Å²) in [5, 5.41) is 0. The number of benzene rings is 2. The van der Waals surface area contributed by atoms with Crippen LogP contribution in [0, 0.1) is 0 Å². The Hall–Kier alpha value is -2.55. The number of aromatic amines is 1. The van der Waals surface area contributed by atoms with E-state index in [4.69, 9.17) is 4.74 Å². The maximum absolute atomic E-state index is 5.28. The Morgan fingerprint density at radius 3 is 2.57 bits per heavy atom. The third-order valence-electron chi connectivity index (χ3n) is 4.86. The molecule has 23 heavy (non-hydrogen) atoms. The molecule has 0 amide bonds. The van der Waals surface area contributed by atoms with Gasteiger partial charge in [-0.05, 0) is 47.6 Å². The smallest absolute Gasteiger partial charge is 0.118 e. The summed E-state index contributed by atoms with van der Waals surface area (Å²) in [6, 6.07) is 17.3. The molecule has 3 nitrogen and oxygen atoms in total. The molecule has 2 unspecified atom stereocenters. The molecule has 0 saturated carbocycles. The van der Waals surface area contributed by atoms with Gasteiger partial charge >= 0.3 is 0 Å². The standard InChI is InChI=1S/C20H20N2O/c1-23-17-8-6-14(7-9-17)20-11-15(10-16-12-21-13-22-16)18-4-2-3-5-19(18)20/h2-9,12-13,15,20H,10-11H2,1H3,(H,21,22). The van der Waals surface area contributed by atoms with E-state index < -0.39 is 0 Å². The molecule has 0 fully saturated rings. The van der Waals surface area contributed by atoms with Gasteiger partial charge in [-0.2, -0.15) is 0 Å². The van der Waals surface area contributed by atoms with Crippen LogP contribution in [0.5, 0.6) is 5.75 Å². The number of aromatic nitrogens is 2. The quantitative estimate of drug-likeness (QED) is 0.781. The van der Waals surface area contributed by atoms with Crippen LogP contribution in [0.15, 0.2) is 61.1 Å². The highest BCUT2D eigenvalue weighted by atomic mass is 16.5. The number of nitrogens with one attached hydrogen (secondary N) is 1. The Morgan fingerprint density at radius 2 is 1.87 bits per heavy atom. The zero-order valence-corrected chi connectivity index (χ0v) is 13.2. The van der Waals surface area contributed by atoms with Crippen molar-refractivity contribution in [1.29, 1.82) is 0 Å². The van der Waals surface area contributed by atoms with Crippen molar-refractivity contribution in [3.8, 4) is 5.75 Å². The van der Waals surface area contributed by atoms with Crippen molar-refractivity contribution in [2.24, 2.45) is 0 Å². The summed E-state index contributed by atoms with van der Waals surface area (Å²) in [5.41, 5.74) is 5.43. The average Bonchev–Trinajstić information content (AvgIpc) is 3.24. The second kappa shape index (κ2) is 5.92. The normalized spacial score (nSPS) is 19.5. The molecule has 1 aliphatic carbocycles. The van der Waals surface area contributed by atoms with Gasteiger partial charge < -0.3 is 9.72 Å². The molecule has 1 heterocycles. The number of H-pyrrole nitrogens is 1. The summed E-state index contributed by atoms with van der Waals surface area (Å²) < 4.78 is 5.28. The van der Waals surface area contributed by atoms with Crippen LogP contribution in [0.3, 0.4) is 0 Å². The monoisotopic (exact) mass is 304 g/mol. The molecule has 0 radical (unpaired) electrons. The highest BCUT2D eigenvalue weighted by Crippen LogP contribution is 2.46. The molecule has 2 atom stereocenters. The fraction of sp³-hybridized carbons (Fsp3) is 0.250. The van der Waals surface area contributed by atoms with E-state index in [0.717, 1.165) is 24.3 Å². The fourth-order valence-corrected chi connectivity index (χ4v) is 3.74. The van der Waals surface area contributed by atoms with Crippen LogP contribution >= 0.6 is 0 Å². The molecule has 2 aromatic carbocycles. The molecule has 3 aromatic rings. The van der Waals surface area contributed by atoms with Crippen molar-refractivity contribution in [2.75, 3.05) is 7.11 Å². The summed E-state index contributed by atoms with van der Waals surface area (Å²) in [4.78, 5) is 7.46. The topological polar surface area (TPSA) is 37.9 Å². The molecule has 4 rings (SSSR count). The lowest BCUT2D eigenvalue weighted by atomic mass is 9.92. The van der Waals surface area contributed by atoms with Gasteiger partial charge in [-0.1, -0.05) is 36.4 Å². The molecule has 1 aliphatic rings. The maximum atomic E-state index is 5.28. The number of ether oxygens (including phenoxy) is 1. The van der Waals surface area contributed by atoms with Crippen molar-refractivity contribution in [3.63, 3.8) is 0 Å². The van der Waals surface area contributed by atoms with Crippen LogP contribution < -0.4 is 4.74 Å². The second-order valence-electron chi connectivity index (χ2n) is 6.15. The van der Waals surface area contributed by atoms with Crippen molar-refractivity contribution in [1.82, 2.24) is 9.97 Å². The van der Waals surface area contributed by atoms with E-state index in [0.29, 0.717) is 11.8 Å². The van der Waals surface area contributed by atoms with Gasteiger partial charge in [0.2, 0.25) is 0 Å². The Bertz CT molecular complexity index is 778. The van der Waals surface area contributed by atoms with E-state index in [1.807, 2.05) is 6.20 Å². The second-order valence-corrected chi connectivity index (χ2v) is 6.15. The first-order valence-electron chi connectivity index (χ1n) is 8.05. The van der Waals surface area contributed by atoms with E-state index in [9.17, 15) is 0 Å². The molecule has 3 heteroatoms. The zero-order valence-electron chi connectivity index (χ0n) is 13.2.